The first kappa shape index (κ1) is 22.8. The third-order valence-corrected chi connectivity index (χ3v) is 6.32. The lowest BCUT2D eigenvalue weighted by atomic mass is 10.1. The molecule has 0 aliphatic heterocycles. The van der Waals surface area contributed by atoms with Gasteiger partial charge in [0.05, 0.1) is 28.0 Å². The third kappa shape index (κ3) is 4.71. The number of nitrogens with one attached hydrogen (secondary N) is 1. The maximum absolute atomic E-state index is 13.5. The number of carbonyl (C=O) groups is 1. The van der Waals surface area contributed by atoms with Crippen LogP contribution in [0.25, 0.3) is 16.6 Å². The zero-order chi connectivity index (χ0) is 23.7. The smallest absolute Gasteiger partial charge is 0.266 e. The van der Waals surface area contributed by atoms with E-state index in [2.05, 4.69) is 16.5 Å². The van der Waals surface area contributed by atoms with Crippen LogP contribution < -0.4 is 10.9 Å². The Morgan fingerprint density at radius 2 is 1.73 bits per heavy atom. The standard InChI is InChI=1S/C25H27N5O2S/c1-15(2)30-22(10-11-26-30)28-23(31)18(5)33-25-27-21-9-7-6-8-20(21)24(32)29(25)19-13-16(3)12-17(4)14-19/h6-15,18H,1-5H3,(H,28,31). The fourth-order valence-electron chi connectivity index (χ4n) is 3.76. The maximum Gasteiger partial charge on any atom is 0.266 e. The fourth-order valence-corrected chi connectivity index (χ4v) is 4.69. The second kappa shape index (κ2) is 9.23. The van der Waals surface area contributed by atoms with Crippen LogP contribution >= 0.6 is 11.8 Å². The third-order valence-electron chi connectivity index (χ3n) is 5.27. The minimum absolute atomic E-state index is 0.121. The van der Waals surface area contributed by atoms with Crippen LogP contribution in [0.1, 0.15) is 37.9 Å². The van der Waals surface area contributed by atoms with Gasteiger partial charge in [0.2, 0.25) is 5.91 Å². The Morgan fingerprint density at radius 1 is 1.03 bits per heavy atom. The van der Waals surface area contributed by atoms with Crippen molar-refractivity contribution in [3.63, 3.8) is 0 Å². The van der Waals surface area contributed by atoms with E-state index < -0.39 is 5.25 Å². The van der Waals surface area contributed by atoms with Crippen molar-refractivity contribution in [1.29, 1.82) is 0 Å². The zero-order valence-corrected chi connectivity index (χ0v) is 20.2. The number of thioether (sulfide) groups is 1. The summed E-state index contributed by atoms with van der Waals surface area (Å²) in [6.45, 7) is 9.81. The predicted molar refractivity (Wildman–Crippen MR) is 133 cm³/mol. The molecule has 2 aromatic heterocycles. The molecule has 2 aromatic carbocycles. The minimum Gasteiger partial charge on any atom is -0.310 e. The molecular weight excluding hydrogens is 434 g/mol. The molecule has 1 atom stereocenters. The molecule has 170 valence electrons. The second-order valence-electron chi connectivity index (χ2n) is 8.40. The maximum atomic E-state index is 13.5. The van der Waals surface area contributed by atoms with E-state index in [1.165, 1.54) is 11.8 Å². The number of rotatable bonds is 6. The summed E-state index contributed by atoms with van der Waals surface area (Å²) in [4.78, 5) is 31.3. The number of hydrogen-bond acceptors (Lipinski definition) is 5. The Balaban J connectivity index is 1.74. The Kier molecular flexibility index (Phi) is 6.37. The predicted octanol–water partition coefficient (Wildman–Crippen LogP) is 4.90. The number of anilines is 1. The van der Waals surface area contributed by atoms with E-state index in [9.17, 15) is 9.59 Å². The van der Waals surface area contributed by atoms with Crippen LogP contribution in [-0.2, 0) is 4.79 Å². The molecule has 1 N–H and O–H groups in total. The van der Waals surface area contributed by atoms with E-state index in [-0.39, 0.29) is 17.5 Å². The molecule has 7 nitrogen and oxygen atoms in total. The summed E-state index contributed by atoms with van der Waals surface area (Å²) in [6.07, 6.45) is 1.66. The van der Waals surface area contributed by atoms with Crippen molar-refractivity contribution in [3.05, 3.63) is 76.2 Å². The number of para-hydroxylation sites is 1. The van der Waals surface area contributed by atoms with E-state index in [1.807, 2.05) is 65.0 Å². The molecule has 0 aliphatic carbocycles. The normalized spacial score (nSPS) is 12.3. The van der Waals surface area contributed by atoms with Crippen molar-refractivity contribution in [2.24, 2.45) is 0 Å². The van der Waals surface area contributed by atoms with Gasteiger partial charge < -0.3 is 5.32 Å². The van der Waals surface area contributed by atoms with Crippen LogP contribution in [0.3, 0.4) is 0 Å². The summed E-state index contributed by atoms with van der Waals surface area (Å²) in [7, 11) is 0. The van der Waals surface area contributed by atoms with Crippen LogP contribution in [0.4, 0.5) is 5.82 Å². The first-order valence-electron chi connectivity index (χ1n) is 10.9. The molecule has 4 rings (SSSR count). The highest BCUT2D eigenvalue weighted by atomic mass is 32.2. The Labute approximate surface area is 196 Å². The van der Waals surface area contributed by atoms with Crippen molar-refractivity contribution in [2.75, 3.05) is 5.32 Å². The van der Waals surface area contributed by atoms with E-state index in [1.54, 1.807) is 27.6 Å². The summed E-state index contributed by atoms with van der Waals surface area (Å²) >= 11 is 1.26. The van der Waals surface area contributed by atoms with Crippen LogP contribution in [0.5, 0.6) is 0 Å². The van der Waals surface area contributed by atoms with Crippen molar-refractivity contribution in [1.82, 2.24) is 19.3 Å². The summed E-state index contributed by atoms with van der Waals surface area (Å²) in [5.41, 5.74) is 3.29. The van der Waals surface area contributed by atoms with E-state index in [0.29, 0.717) is 21.9 Å². The molecule has 0 aliphatic rings. The lowest BCUT2D eigenvalue weighted by molar-refractivity contribution is -0.115. The number of fused-ring (bicyclic) bond motifs is 1. The molecule has 1 amide bonds. The van der Waals surface area contributed by atoms with E-state index in [4.69, 9.17) is 4.98 Å². The van der Waals surface area contributed by atoms with Gasteiger partial charge in [-0.25, -0.2) is 9.67 Å². The SMILES string of the molecule is Cc1cc(C)cc(-n2c(SC(C)C(=O)Nc3ccnn3C(C)C)nc3ccccc3c2=O)c1. The van der Waals surface area contributed by atoms with Crippen LogP contribution in [0.2, 0.25) is 0 Å². The van der Waals surface area contributed by atoms with Crippen molar-refractivity contribution < 1.29 is 4.79 Å². The van der Waals surface area contributed by atoms with Crippen LogP contribution in [0.15, 0.2) is 64.7 Å². The topological polar surface area (TPSA) is 81.8 Å². The van der Waals surface area contributed by atoms with Gasteiger partial charge in [-0.1, -0.05) is 30.0 Å². The number of amides is 1. The Morgan fingerprint density at radius 3 is 2.42 bits per heavy atom. The van der Waals surface area contributed by atoms with Crippen molar-refractivity contribution in [3.8, 4) is 5.69 Å². The second-order valence-corrected chi connectivity index (χ2v) is 9.71. The average Bonchev–Trinajstić information content (AvgIpc) is 3.21. The van der Waals surface area contributed by atoms with Gasteiger partial charge in [-0.15, -0.1) is 0 Å². The van der Waals surface area contributed by atoms with Gasteiger partial charge in [-0.3, -0.25) is 14.2 Å². The molecule has 0 saturated carbocycles. The highest BCUT2D eigenvalue weighted by Gasteiger charge is 2.22. The first-order chi connectivity index (χ1) is 15.7. The van der Waals surface area contributed by atoms with Gasteiger partial charge in [0.25, 0.3) is 5.56 Å². The molecule has 4 aromatic rings. The van der Waals surface area contributed by atoms with Crippen molar-refractivity contribution in [2.45, 2.75) is 51.1 Å². The van der Waals surface area contributed by atoms with Gasteiger partial charge >= 0.3 is 0 Å². The quantitative estimate of drug-likeness (QED) is 0.326. The number of hydrogen-bond donors (Lipinski definition) is 1. The summed E-state index contributed by atoms with van der Waals surface area (Å²) in [5.74, 6) is 0.456. The number of nitrogens with zero attached hydrogens (tertiary/aromatic N) is 4. The lowest BCUT2D eigenvalue weighted by Crippen LogP contribution is -2.27. The molecule has 0 spiro atoms. The molecule has 0 radical (unpaired) electrons. The number of benzene rings is 2. The highest BCUT2D eigenvalue weighted by Crippen LogP contribution is 2.27. The molecule has 1 unspecified atom stereocenters. The fraction of sp³-hybridized carbons (Fsp3) is 0.280. The summed E-state index contributed by atoms with van der Waals surface area (Å²) in [5, 5.41) is 7.73. The summed E-state index contributed by atoms with van der Waals surface area (Å²) in [6, 6.07) is 15.2. The average molecular weight is 462 g/mol. The molecule has 0 saturated heterocycles. The molecule has 0 fully saturated rings. The van der Waals surface area contributed by atoms with Gasteiger partial charge in [-0.05, 0) is 70.0 Å². The molecule has 0 bridgehead atoms. The molecular formula is C25H27N5O2S. The number of aryl methyl sites for hydroxylation is 2. The van der Waals surface area contributed by atoms with E-state index in [0.717, 1.165) is 16.8 Å². The number of carbonyl (C=O) groups excluding carboxylic acids is 1. The largest absolute Gasteiger partial charge is 0.310 e. The Bertz CT molecular complexity index is 1370. The zero-order valence-electron chi connectivity index (χ0n) is 19.4. The highest BCUT2D eigenvalue weighted by molar-refractivity contribution is 8.00. The monoisotopic (exact) mass is 461 g/mol. The van der Waals surface area contributed by atoms with E-state index >= 15 is 0 Å². The molecule has 8 heteroatoms. The van der Waals surface area contributed by atoms with Gasteiger partial charge in [-0.2, -0.15) is 5.10 Å². The first-order valence-corrected chi connectivity index (χ1v) is 11.7. The lowest BCUT2D eigenvalue weighted by Gasteiger charge is -2.18. The molecule has 33 heavy (non-hydrogen) atoms. The Hall–Kier alpha value is -3.39. The minimum atomic E-state index is -0.495. The summed E-state index contributed by atoms with van der Waals surface area (Å²) < 4.78 is 3.37. The van der Waals surface area contributed by atoms with Crippen molar-refractivity contribution >= 4 is 34.4 Å². The van der Waals surface area contributed by atoms with Gasteiger partial charge in [0.1, 0.15) is 5.82 Å². The van der Waals surface area contributed by atoms with Crippen LogP contribution in [0, 0.1) is 13.8 Å². The van der Waals surface area contributed by atoms with Gasteiger partial charge in [0.15, 0.2) is 5.16 Å². The molecule has 2 heterocycles. The van der Waals surface area contributed by atoms with Gasteiger partial charge in [0, 0.05) is 12.1 Å². The number of aromatic nitrogens is 4. The van der Waals surface area contributed by atoms with Crippen LogP contribution in [-0.4, -0.2) is 30.5 Å².